The number of carboxylic acids is 1. The molecule has 2 N–H and O–H groups in total. The van der Waals surface area contributed by atoms with Gasteiger partial charge in [-0.1, -0.05) is 30.3 Å². The maximum atomic E-state index is 13.9. The molecule has 1 atom stereocenters. The highest BCUT2D eigenvalue weighted by Gasteiger charge is 2.33. The highest BCUT2D eigenvalue weighted by molar-refractivity contribution is 5.94. The molecule has 1 heterocycles. The van der Waals surface area contributed by atoms with E-state index in [2.05, 4.69) is 5.32 Å². The summed E-state index contributed by atoms with van der Waals surface area (Å²) in [5.41, 5.74) is 2.45. The van der Waals surface area contributed by atoms with E-state index in [9.17, 15) is 22.8 Å². The number of rotatable bonds is 11. The summed E-state index contributed by atoms with van der Waals surface area (Å²) in [6.45, 7) is 1.93. The third-order valence-electron chi connectivity index (χ3n) is 8.65. The largest absolute Gasteiger partial charge is 0.497 e. The van der Waals surface area contributed by atoms with Gasteiger partial charge in [0.2, 0.25) is 0 Å². The molecule has 0 spiro atoms. The number of nitrogens with zero attached hydrogens (tertiary/aromatic N) is 2. The molecule has 1 aromatic heterocycles. The Kier molecular flexibility index (Phi) is 9.12. The van der Waals surface area contributed by atoms with Crippen LogP contribution in [0.5, 0.6) is 11.5 Å². The van der Waals surface area contributed by atoms with E-state index in [0.717, 1.165) is 59.0 Å². The molecular weight excluding hydrogens is 623 g/mol. The van der Waals surface area contributed by atoms with Crippen LogP contribution in [0.15, 0.2) is 84.9 Å². The van der Waals surface area contributed by atoms with Crippen molar-refractivity contribution in [1.29, 1.82) is 0 Å². The number of carbonyl (C=O) groups excluding carboxylic acids is 1. The molecule has 6 rings (SSSR count). The molecule has 5 aromatic rings. The van der Waals surface area contributed by atoms with E-state index in [1.807, 2.05) is 43.3 Å². The predicted molar refractivity (Wildman–Crippen MR) is 175 cm³/mol. The lowest BCUT2D eigenvalue weighted by molar-refractivity contribution is -0.138. The number of nitrogens with one attached hydrogen (secondary N) is 1. The van der Waals surface area contributed by atoms with Crippen molar-refractivity contribution >= 4 is 22.6 Å². The monoisotopic (exact) mass is 657 g/mol. The summed E-state index contributed by atoms with van der Waals surface area (Å²) >= 11 is 0. The second-order valence-electron chi connectivity index (χ2n) is 11.9. The van der Waals surface area contributed by atoms with Crippen LogP contribution in [0.4, 0.5) is 13.2 Å². The zero-order valence-electron chi connectivity index (χ0n) is 26.4. The number of carbonyl (C=O) groups is 2. The normalized spacial score (nSPS) is 13.9. The maximum Gasteiger partial charge on any atom is 0.416 e. The standard InChI is InChI=1S/C37H34F3N3O5/c1-22(23-6-8-24(9-7-23)36(46)41-17-16-35(44)45)43-33(27-11-10-26-19-30(47-2)14-12-25(26)18-27)21-32(42-43)31-20-28(37(38,39)40)13-15-34(31)48-29-4-3-5-29/h6-15,18-22,29H,3-5,16-17H2,1-2H3,(H,41,46)(H,44,45)/t22-/m0/s1. The minimum absolute atomic E-state index is 0.00622. The van der Waals surface area contributed by atoms with Gasteiger partial charge in [-0.15, -0.1) is 0 Å². The van der Waals surface area contributed by atoms with Gasteiger partial charge in [0.15, 0.2) is 0 Å². The number of amides is 1. The van der Waals surface area contributed by atoms with E-state index in [4.69, 9.17) is 19.7 Å². The lowest BCUT2D eigenvalue weighted by atomic mass is 9.96. The van der Waals surface area contributed by atoms with Gasteiger partial charge in [0.1, 0.15) is 11.5 Å². The summed E-state index contributed by atoms with van der Waals surface area (Å²) < 4.78 is 55.1. The minimum Gasteiger partial charge on any atom is -0.497 e. The van der Waals surface area contributed by atoms with Gasteiger partial charge in [0.05, 0.1) is 42.6 Å². The third kappa shape index (κ3) is 7.00. The second kappa shape index (κ2) is 13.4. The van der Waals surface area contributed by atoms with Gasteiger partial charge in [-0.05, 0) is 97.1 Å². The maximum absolute atomic E-state index is 13.9. The van der Waals surface area contributed by atoms with Crippen LogP contribution in [0.1, 0.15) is 60.1 Å². The Bertz CT molecular complexity index is 1970. The molecule has 1 aliphatic carbocycles. The number of ether oxygens (including phenoxy) is 2. The van der Waals surface area contributed by atoms with Gasteiger partial charge in [-0.2, -0.15) is 18.3 Å². The third-order valence-corrected chi connectivity index (χ3v) is 8.65. The van der Waals surface area contributed by atoms with E-state index < -0.39 is 29.7 Å². The van der Waals surface area contributed by atoms with Crippen LogP contribution in [-0.2, 0) is 11.0 Å². The van der Waals surface area contributed by atoms with Gasteiger partial charge in [-0.3, -0.25) is 14.3 Å². The van der Waals surface area contributed by atoms with Gasteiger partial charge >= 0.3 is 12.1 Å². The molecule has 1 amide bonds. The number of benzene rings is 4. The summed E-state index contributed by atoms with van der Waals surface area (Å²) in [5, 5.41) is 18.3. The van der Waals surface area contributed by atoms with Gasteiger partial charge < -0.3 is 19.9 Å². The number of aromatic nitrogens is 2. The Morgan fingerprint density at radius 2 is 1.71 bits per heavy atom. The Morgan fingerprint density at radius 3 is 2.38 bits per heavy atom. The fourth-order valence-corrected chi connectivity index (χ4v) is 5.66. The summed E-state index contributed by atoms with van der Waals surface area (Å²) in [7, 11) is 1.60. The molecular formula is C37H34F3N3O5. The van der Waals surface area contributed by atoms with Crippen LogP contribution in [0.2, 0.25) is 0 Å². The average Bonchev–Trinajstić information content (AvgIpc) is 3.50. The smallest absolute Gasteiger partial charge is 0.416 e. The highest BCUT2D eigenvalue weighted by atomic mass is 19.4. The number of alkyl halides is 3. The van der Waals surface area contributed by atoms with Gasteiger partial charge in [0.25, 0.3) is 5.91 Å². The van der Waals surface area contributed by atoms with Gasteiger partial charge in [0, 0.05) is 23.2 Å². The van der Waals surface area contributed by atoms with Crippen LogP contribution >= 0.6 is 0 Å². The Balaban J connectivity index is 1.42. The molecule has 1 fully saturated rings. The number of halogens is 3. The first-order chi connectivity index (χ1) is 23.0. The topological polar surface area (TPSA) is 103 Å². The number of fused-ring (bicyclic) bond motifs is 1. The molecule has 0 radical (unpaired) electrons. The van der Waals surface area contributed by atoms with Crippen LogP contribution < -0.4 is 14.8 Å². The molecule has 0 unspecified atom stereocenters. The number of aliphatic carboxylic acids is 1. The first kappa shape index (κ1) is 32.6. The number of hydrogen-bond acceptors (Lipinski definition) is 5. The Labute approximate surface area is 275 Å². The molecule has 248 valence electrons. The molecule has 8 nitrogen and oxygen atoms in total. The van der Waals surface area contributed by atoms with Crippen LogP contribution in [0, 0.1) is 0 Å². The van der Waals surface area contributed by atoms with Crippen LogP contribution in [0.25, 0.3) is 33.3 Å². The zero-order chi connectivity index (χ0) is 34.0. The first-order valence-corrected chi connectivity index (χ1v) is 15.7. The lowest BCUT2D eigenvalue weighted by Gasteiger charge is -2.27. The summed E-state index contributed by atoms with van der Waals surface area (Å²) in [6, 6.07) is 23.4. The molecule has 48 heavy (non-hydrogen) atoms. The molecule has 4 aromatic carbocycles. The van der Waals surface area contributed by atoms with E-state index in [1.165, 1.54) is 6.07 Å². The SMILES string of the molecule is COc1ccc2cc(-c3cc(-c4cc(C(F)(F)F)ccc4OC4CCC4)nn3[C@@H](C)c3ccc(C(=O)NCCC(=O)O)cc3)ccc2c1. The number of carboxylic acid groups (broad SMARTS) is 1. The van der Waals surface area contributed by atoms with E-state index in [-0.39, 0.29) is 24.6 Å². The van der Waals surface area contributed by atoms with E-state index in [0.29, 0.717) is 22.7 Å². The number of methoxy groups -OCH3 is 1. The van der Waals surface area contributed by atoms with Crippen molar-refractivity contribution in [2.75, 3.05) is 13.7 Å². The molecule has 1 saturated carbocycles. The summed E-state index contributed by atoms with van der Waals surface area (Å²) in [5.74, 6) is -0.333. The Hall–Kier alpha value is -5.32. The predicted octanol–water partition coefficient (Wildman–Crippen LogP) is 8.14. The summed E-state index contributed by atoms with van der Waals surface area (Å²) in [6.07, 6.45) is -2.11. The van der Waals surface area contributed by atoms with Crippen molar-refractivity contribution < 1.29 is 37.3 Å². The first-order valence-electron chi connectivity index (χ1n) is 15.7. The van der Waals surface area contributed by atoms with E-state index in [1.54, 1.807) is 42.1 Å². The number of hydrogen-bond donors (Lipinski definition) is 2. The Morgan fingerprint density at radius 1 is 0.979 bits per heavy atom. The average molecular weight is 658 g/mol. The van der Waals surface area contributed by atoms with Crippen molar-refractivity contribution in [2.24, 2.45) is 0 Å². The van der Waals surface area contributed by atoms with Crippen molar-refractivity contribution in [3.05, 3.63) is 102 Å². The van der Waals surface area contributed by atoms with Crippen molar-refractivity contribution in [3.63, 3.8) is 0 Å². The van der Waals surface area contributed by atoms with Crippen molar-refractivity contribution in [1.82, 2.24) is 15.1 Å². The van der Waals surface area contributed by atoms with Crippen LogP contribution in [0.3, 0.4) is 0 Å². The zero-order valence-corrected chi connectivity index (χ0v) is 26.4. The summed E-state index contributed by atoms with van der Waals surface area (Å²) in [4.78, 5) is 23.3. The molecule has 0 saturated heterocycles. The van der Waals surface area contributed by atoms with Crippen LogP contribution in [-0.4, -0.2) is 46.5 Å². The van der Waals surface area contributed by atoms with Crippen molar-refractivity contribution in [2.45, 2.75) is 50.9 Å². The van der Waals surface area contributed by atoms with Gasteiger partial charge in [-0.25, -0.2) is 0 Å². The molecule has 0 aliphatic heterocycles. The minimum atomic E-state index is -4.55. The molecule has 1 aliphatic rings. The molecule has 11 heteroatoms. The molecule has 0 bridgehead atoms. The van der Waals surface area contributed by atoms with Crippen molar-refractivity contribution in [3.8, 4) is 34.0 Å². The highest BCUT2D eigenvalue weighted by Crippen LogP contribution is 2.41. The fraction of sp³-hybridized carbons (Fsp3) is 0.270. The quantitative estimate of drug-likeness (QED) is 0.149. The lowest BCUT2D eigenvalue weighted by Crippen LogP contribution is -2.26. The second-order valence-corrected chi connectivity index (χ2v) is 11.9. The van der Waals surface area contributed by atoms with E-state index >= 15 is 0 Å². The fourth-order valence-electron chi connectivity index (χ4n) is 5.66.